The van der Waals surface area contributed by atoms with E-state index < -0.39 is 5.60 Å². The van der Waals surface area contributed by atoms with Crippen molar-refractivity contribution in [1.29, 1.82) is 0 Å². The molecule has 1 aromatic rings. The molecule has 0 unspecified atom stereocenters. The summed E-state index contributed by atoms with van der Waals surface area (Å²) in [6.45, 7) is 12.6. The van der Waals surface area contributed by atoms with E-state index in [2.05, 4.69) is 11.6 Å². The van der Waals surface area contributed by atoms with E-state index in [9.17, 15) is 9.50 Å². The van der Waals surface area contributed by atoms with E-state index in [-0.39, 0.29) is 5.82 Å². The number of allylic oxidation sites excluding steroid dienone is 2. The average Bonchev–Trinajstić information content (AvgIpc) is 2.34. The Morgan fingerprint density at radius 2 is 1.85 bits per heavy atom. The molecule has 0 spiro atoms. The summed E-state index contributed by atoms with van der Waals surface area (Å²) in [5.41, 5.74) is 2.54. The number of hydrogen-bond donors (Lipinski definition) is 1. The van der Waals surface area contributed by atoms with Gasteiger partial charge in [-0.3, -0.25) is 4.99 Å². The van der Waals surface area contributed by atoms with E-state index in [1.807, 2.05) is 13.8 Å². The van der Waals surface area contributed by atoms with Crippen molar-refractivity contribution < 1.29 is 9.50 Å². The van der Waals surface area contributed by atoms with Gasteiger partial charge in [0.05, 0.1) is 5.60 Å². The monoisotopic (exact) mass is 275 g/mol. The Morgan fingerprint density at radius 1 is 1.30 bits per heavy atom. The highest BCUT2D eigenvalue weighted by molar-refractivity contribution is 5.90. The summed E-state index contributed by atoms with van der Waals surface area (Å²) in [5.74, 6) is -0.296. The summed E-state index contributed by atoms with van der Waals surface area (Å²) in [7, 11) is 0. The van der Waals surface area contributed by atoms with E-state index in [0.29, 0.717) is 16.8 Å². The van der Waals surface area contributed by atoms with Crippen LogP contribution in [-0.4, -0.2) is 16.4 Å². The summed E-state index contributed by atoms with van der Waals surface area (Å²) >= 11 is 0. The van der Waals surface area contributed by atoms with Crippen molar-refractivity contribution in [2.45, 2.75) is 40.2 Å². The molecule has 0 radical (unpaired) electrons. The van der Waals surface area contributed by atoms with Crippen LogP contribution in [0.4, 0.5) is 4.39 Å². The maximum absolute atomic E-state index is 14.0. The Balaban J connectivity index is 3.28. The number of halogens is 1. The number of aliphatic imine (C=N–C) groups is 1. The summed E-state index contributed by atoms with van der Waals surface area (Å²) in [6.07, 6.45) is 3.10. The van der Waals surface area contributed by atoms with E-state index in [0.717, 1.165) is 11.1 Å². The standard InChI is InChI=1S/C17H22FNO/c1-7-14(10-19-13(4)17(5,6)20)15-8-11(2)12(3)9-16(15)18/h7-10,20H,1H2,2-6H3/b14-10+,19-13?. The lowest BCUT2D eigenvalue weighted by Crippen LogP contribution is -2.28. The van der Waals surface area contributed by atoms with Crippen LogP contribution in [-0.2, 0) is 0 Å². The molecule has 20 heavy (non-hydrogen) atoms. The lowest BCUT2D eigenvalue weighted by atomic mass is 10.00. The smallest absolute Gasteiger partial charge is 0.131 e. The van der Waals surface area contributed by atoms with E-state index in [1.54, 1.807) is 32.9 Å². The molecule has 0 saturated carbocycles. The molecular weight excluding hydrogens is 253 g/mol. The summed E-state index contributed by atoms with van der Waals surface area (Å²) < 4.78 is 14.0. The zero-order valence-electron chi connectivity index (χ0n) is 12.8. The third-order valence-corrected chi connectivity index (χ3v) is 3.40. The largest absolute Gasteiger partial charge is 0.385 e. The molecule has 1 N–H and O–H groups in total. The van der Waals surface area contributed by atoms with Crippen molar-refractivity contribution in [3.63, 3.8) is 0 Å². The van der Waals surface area contributed by atoms with Gasteiger partial charge in [0, 0.05) is 23.0 Å². The van der Waals surface area contributed by atoms with Gasteiger partial charge in [-0.25, -0.2) is 4.39 Å². The molecule has 0 aliphatic heterocycles. The van der Waals surface area contributed by atoms with Crippen LogP contribution in [0.5, 0.6) is 0 Å². The van der Waals surface area contributed by atoms with Crippen LogP contribution in [0, 0.1) is 19.7 Å². The zero-order valence-corrected chi connectivity index (χ0v) is 12.8. The number of aliphatic hydroxyl groups is 1. The summed E-state index contributed by atoms with van der Waals surface area (Å²) in [6, 6.07) is 3.29. The minimum Gasteiger partial charge on any atom is -0.385 e. The van der Waals surface area contributed by atoms with Crippen molar-refractivity contribution in [3.8, 4) is 0 Å². The first-order valence-electron chi connectivity index (χ1n) is 6.53. The molecule has 0 heterocycles. The Kier molecular flexibility index (Phi) is 5.01. The Hall–Kier alpha value is -1.74. The van der Waals surface area contributed by atoms with Crippen LogP contribution in [0.25, 0.3) is 5.57 Å². The fourth-order valence-corrected chi connectivity index (χ4v) is 1.56. The molecule has 3 heteroatoms. The molecule has 108 valence electrons. The lowest BCUT2D eigenvalue weighted by molar-refractivity contribution is 0.153. The van der Waals surface area contributed by atoms with Crippen LogP contribution in [0.2, 0.25) is 0 Å². The second-order valence-electron chi connectivity index (χ2n) is 5.48. The fraction of sp³-hybridized carbons (Fsp3) is 0.353. The van der Waals surface area contributed by atoms with Crippen LogP contribution in [0.15, 0.2) is 36.0 Å². The van der Waals surface area contributed by atoms with Crippen LogP contribution in [0.1, 0.15) is 37.5 Å². The second kappa shape index (κ2) is 6.14. The number of benzene rings is 1. The first-order chi connectivity index (χ1) is 9.16. The molecule has 0 atom stereocenters. The lowest BCUT2D eigenvalue weighted by Gasteiger charge is -2.16. The van der Waals surface area contributed by atoms with Crippen molar-refractivity contribution in [1.82, 2.24) is 0 Å². The summed E-state index contributed by atoms with van der Waals surface area (Å²) in [5, 5.41) is 9.82. The average molecular weight is 275 g/mol. The molecule has 0 saturated heterocycles. The van der Waals surface area contributed by atoms with Gasteiger partial charge in [-0.15, -0.1) is 0 Å². The number of rotatable bonds is 4. The normalized spacial score (nSPS) is 13.6. The van der Waals surface area contributed by atoms with Gasteiger partial charge >= 0.3 is 0 Å². The molecule has 0 fully saturated rings. The van der Waals surface area contributed by atoms with Crippen molar-refractivity contribution in [3.05, 3.63) is 53.5 Å². The maximum Gasteiger partial charge on any atom is 0.131 e. The van der Waals surface area contributed by atoms with Gasteiger partial charge in [0.25, 0.3) is 0 Å². The Bertz CT molecular complexity index is 577. The van der Waals surface area contributed by atoms with Gasteiger partial charge in [-0.1, -0.05) is 12.7 Å². The highest BCUT2D eigenvalue weighted by Gasteiger charge is 2.16. The van der Waals surface area contributed by atoms with Gasteiger partial charge < -0.3 is 5.11 Å². The molecule has 0 aliphatic rings. The van der Waals surface area contributed by atoms with Crippen molar-refractivity contribution >= 4 is 11.3 Å². The van der Waals surface area contributed by atoms with Crippen LogP contribution >= 0.6 is 0 Å². The number of hydrogen-bond acceptors (Lipinski definition) is 2. The quantitative estimate of drug-likeness (QED) is 0.648. The third kappa shape index (κ3) is 3.87. The Labute approximate surface area is 120 Å². The maximum atomic E-state index is 14.0. The second-order valence-corrected chi connectivity index (χ2v) is 5.48. The minimum absolute atomic E-state index is 0.296. The topological polar surface area (TPSA) is 32.6 Å². The van der Waals surface area contributed by atoms with Crippen molar-refractivity contribution in [2.75, 3.05) is 0 Å². The van der Waals surface area contributed by atoms with E-state index >= 15 is 0 Å². The highest BCUT2D eigenvalue weighted by Crippen LogP contribution is 2.23. The van der Waals surface area contributed by atoms with Crippen LogP contribution in [0.3, 0.4) is 0 Å². The molecule has 1 rings (SSSR count). The first kappa shape index (κ1) is 16.3. The van der Waals surface area contributed by atoms with Gasteiger partial charge in [0.15, 0.2) is 0 Å². The van der Waals surface area contributed by atoms with Gasteiger partial charge in [0.2, 0.25) is 0 Å². The molecule has 0 bridgehead atoms. The molecule has 0 aromatic heterocycles. The molecule has 0 aliphatic carbocycles. The van der Waals surface area contributed by atoms with Crippen LogP contribution < -0.4 is 0 Å². The minimum atomic E-state index is -0.996. The van der Waals surface area contributed by atoms with Gasteiger partial charge in [-0.2, -0.15) is 0 Å². The Morgan fingerprint density at radius 3 is 2.35 bits per heavy atom. The highest BCUT2D eigenvalue weighted by atomic mass is 19.1. The zero-order chi connectivity index (χ0) is 15.5. The molecule has 1 aromatic carbocycles. The summed E-state index contributed by atoms with van der Waals surface area (Å²) in [4.78, 5) is 4.20. The third-order valence-electron chi connectivity index (χ3n) is 3.40. The molecular formula is C17H22FNO. The predicted octanol–water partition coefficient (Wildman–Crippen LogP) is 4.20. The number of aryl methyl sites for hydroxylation is 2. The van der Waals surface area contributed by atoms with E-state index in [4.69, 9.17) is 0 Å². The molecule has 0 amide bonds. The fourth-order valence-electron chi connectivity index (χ4n) is 1.56. The van der Waals surface area contributed by atoms with Gasteiger partial charge in [-0.05, 0) is 57.9 Å². The van der Waals surface area contributed by atoms with E-state index in [1.165, 1.54) is 12.3 Å². The number of nitrogens with zero attached hydrogens (tertiary/aromatic N) is 1. The first-order valence-corrected chi connectivity index (χ1v) is 6.53. The predicted molar refractivity (Wildman–Crippen MR) is 83.5 cm³/mol. The SMILES string of the molecule is C=C/C(=C\N=C(C)C(C)(C)O)c1cc(C)c(C)cc1F. The molecule has 2 nitrogen and oxygen atoms in total. The van der Waals surface area contributed by atoms with Gasteiger partial charge in [0.1, 0.15) is 5.82 Å². The van der Waals surface area contributed by atoms with Crippen molar-refractivity contribution in [2.24, 2.45) is 4.99 Å².